The molecular formula is C47H36O3. The fourth-order valence-corrected chi connectivity index (χ4v) is 8.12. The number of Topliss-reactive ketones (excluding diaryl/α,β-unsaturated/α-hetero) is 2. The zero-order chi connectivity index (χ0) is 34.1. The van der Waals surface area contributed by atoms with Gasteiger partial charge in [-0.05, 0) is 50.6 Å². The van der Waals surface area contributed by atoms with Gasteiger partial charge in [-0.3, -0.25) is 9.59 Å². The summed E-state index contributed by atoms with van der Waals surface area (Å²) < 4.78 is 6.51. The van der Waals surface area contributed by atoms with Crippen LogP contribution in [0.4, 0.5) is 0 Å². The Kier molecular flexibility index (Phi) is 8.06. The summed E-state index contributed by atoms with van der Waals surface area (Å²) in [6.45, 7) is 0. The maximum absolute atomic E-state index is 15.6. The lowest BCUT2D eigenvalue weighted by molar-refractivity contribution is -0.145. The molecule has 6 aromatic carbocycles. The van der Waals surface area contributed by atoms with Crippen molar-refractivity contribution in [3.63, 3.8) is 0 Å². The maximum atomic E-state index is 15.6. The number of hydrogen-bond acceptors (Lipinski definition) is 3. The van der Waals surface area contributed by atoms with Crippen LogP contribution in [0, 0.1) is 5.41 Å². The number of methoxy groups -OCH3 is 1. The van der Waals surface area contributed by atoms with E-state index in [4.69, 9.17) is 4.74 Å². The van der Waals surface area contributed by atoms with E-state index in [1.807, 2.05) is 146 Å². The Morgan fingerprint density at radius 1 is 0.460 bits per heavy atom. The van der Waals surface area contributed by atoms with E-state index in [0.717, 1.165) is 44.5 Å². The molecule has 2 aliphatic rings. The summed E-state index contributed by atoms with van der Waals surface area (Å²) in [6, 6.07) is 58.5. The van der Waals surface area contributed by atoms with Crippen molar-refractivity contribution in [1.82, 2.24) is 0 Å². The lowest BCUT2D eigenvalue weighted by atomic mass is 9.59. The van der Waals surface area contributed by atoms with Crippen molar-refractivity contribution >= 4 is 17.1 Å². The Morgan fingerprint density at radius 2 is 0.860 bits per heavy atom. The summed E-state index contributed by atoms with van der Waals surface area (Å²) in [7, 11) is 1.59. The van der Waals surface area contributed by atoms with Gasteiger partial charge in [0.15, 0.2) is 17.2 Å². The first-order chi connectivity index (χ1) is 24.6. The molecule has 3 heteroatoms. The van der Waals surface area contributed by atoms with Crippen LogP contribution in [-0.4, -0.2) is 24.3 Å². The number of hydrogen-bond donors (Lipinski definition) is 0. The number of ether oxygens (including phenoxy) is 1. The summed E-state index contributed by atoms with van der Waals surface area (Å²) in [4.78, 5) is 31.2. The number of carbonyl (C=O) groups excluding carboxylic acids is 2. The number of carbonyl (C=O) groups is 2. The number of rotatable bonds is 9. The normalized spacial score (nSPS) is 19.8. The Hall–Kier alpha value is -5.90. The Morgan fingerprint density at radius 3 is 1.32 bits per heavy atom. The third-order valence-corrected chi connectivity index (χ3v) is 10.4. The molecule has 6 aromatic rings. The van der Waals surface area contributed by atoms with Gasteiger partial charge in [0.05, 0.1) is 0 Å². The third-order valence-electron chi connectivity index (χ3n) is 10.4. The van der Waals surface area contributed by atoms with Gasteiger partial charge < -0.3 is 4.74 Å². The van der Waals surface area contributed by atoms with Crippen molar-refractivity contribution in [2.45, 2.75) is 17.4 Å². The molecule has 2 bridgehead atoms. The van der Waals surface area contributed by atoms with Gasteiger partial charge in [-0.25, -0.2) is 0 Å². The fraction of sp³-hybridized carbons (Fsp3) is 0.106. The third kappa shape index (κ3) is 5.01. The molecule has 3 nitrogen and oxygen atoms in total. The molecule has 2 aliphatic carbocycles. The first-order valence-electron chi connectivity index (χ1n) is 17.0. The molecule has 0 unspecified atom stereocenters. The van der Waals surface area contributed by atoms with Gasteiger partial charge in [-0.2, -0.15) is 0 Å². The van der Waals surface area contributed by atoms with E-state index in [-0.39, 0.29) is 17.5 Å². The fourth-order valence-electron chi connectivity index (χ4n) is 8.12. The van der Waals surface area contributed by atoms with E-state index in [1.165, 1.54) is 0 Å². The van der Waals surface area contributed by atoms with Crippen LogP contribution < -0.4 is 0 Å². The molecule has 0 aromatic heterocycles. The first-order valence-corrected chi connectivity index (χ1v) is 17.0. The Balaban J connectivity index is 1.42. The van der Waals surface area contributed by atoms with E-state index < -0.39 is 16.9 Å². The second-order valence-electron chi connectivity index (χ2n) is 13.1. The largest absolute Gasteiger partial charge is 0.362 e. The number of fused-ring (bicyclic) bond motifs is 2. The maximum Gasteiger partial charge on any atom is 0.191 e. The predicted octanol–water partition coefficient (Wildman–Crippen LogP) is 9.86. The number of ketones is 2. The molecule has 0 amide bonds. The molecule has 0 saturated heterocycles. The van der Waals surface area contributed by atoms with Crippen LogP contribution in [0.15, 0.2) is 194 Å². The summed E-state index contributed by atoms with van der Waals surface area (Å²) in [5.41, 5.74) is 4.85. The van der Waals surface area contributed by atoms with Crippen LogP contribution in [0.3, 0.4) is 0 Å². The van der Waals surface area contributed by atoms with Gasteiger partial charge in [-0.1, -0.05) is 182 Å². The highest BCUT2D eigenvalue weighted by Crippen LogP contribution is 2.61. The lowest BCUT2D eigenvalue weighted by Gasteiger charge is -2.41. The quantitative estimate of drug-likeness (QED) is 0.116. The molecule has 50 heavy (non-hydrogen) atoms. The molecule has 0 saturated carbocycles. The smallest absolute Gasteiger partial charge is 0.191 e. The molecule has 0 aliphatic heterocycles. The summed E-state index contributed by atoms with van der Waals surface area (Å²) >= 11 is 0. The molecule has 8 rings (SSSR count). The molecule has 0 N–H and O–H groups in total. The summed E-state index contributed by atoms with van der Waals surface area (Å²) in [6.07, 6.45) is 3.79. The van der Waals surface area contributed by atoms with Gasteiger partial charge in [0.1, 0.15) is 5.41 Å². The minimum Gasteiger partial charge on any atom is -0.362 e. The molecule has 242 valence electrons. The molecule has 2 atom stereocenters. The van der Waals surface area contributed by atoms with Gasteiger partial charge in [0.25, 0.3) is 0 Å². The number of allylic oxidation sites excluding steroid dienone is 2. The van der Waals surface area contributed by atoms with Crippen LogP contribution >= 0.6 is 0 Å². The van der Waals surface area contributed by atoms with E-state index >= 15 is 9.59 Å². The van der Waals surface area contributed by atoms with Crippen LogP contribution in [0.2, 0.25) is 0 Å². The highest BCUT2D eigenvalue weighted by Gasteiger charge is 2.68. The van der Waals surface area contributed by atoms with Crippen molar-refractivity contribution in [3.05, 3.63) is 221 Å². The average molecular weight is 649 g/mol. The summed E-state index contributed by atoms with van der Waals surface area (Å²) in [5.74, 6) is -1.43. The van der Waals surface area contributed by atoms with Gasteiger partial charge in [0.2, 0.25) is 0 Å². The van der Waals surface area contributed by atoms with Crippen molar-refractivity contribution < 1.29 is 14.3 Å². The van der Waals surface area contributed by atoms with Crippen molar-refractivity contribution in [2.75, 3.05) is 7.11 Å². The average Bonchev–Trinajstić information content (AvgIpc) is 3.36. The SMILES string of the molecule is CO[C@@]12C=C(c3ccc(-c4ccccc4)cc3)C(=O)[C@@](C(c3ccccc3)c3ccccc3)(C=C1C(c1ccccc1)c1ccccc1)C2=O. The van der Waals surface area contributed by atoms with Crippen LogP contribution in [0.25, 0.3) is 16.7 Å². The highest BCUT2D eigenvalue weighted by molar-refractivity contribution is 6.37. The van der Waals surface area contributed by atoms with Crippen molar-refractivity contribution in [1.29, 1.82) is 0 Å². The van der Waals surface area contributed by atoms with Gasteiger partial charge in [0, 0.05) is 24.5 Å². The van der Waals surface area contributed by atoms with Crippen LogP contribution in [-0.2, 0) is 14.3 Å². The van der Waals surface area contributed by atoms with Gasteiger partial charge in [-0.15, -0.1) is 0 Å². The van der Waals surface area contributed by atoms with Crippen LogP contribution in [0.5, 0.6) is 0 Å². The molecular weight excluding hydrogens is 613 g/mol. The Bertz CT molecular complexity index is 2130. The highest BCUT2D eigenvalue weighted by atomic mass is 16.5. The monoisotopic (exact) mass is 648 g/mol. The minimum absolute atomic E-state index is 0.227. The van der Waals surface area contributed by atoms with Crippen LogP contribution in [0.1, 0.15) is 39.7 Å². The van der Waals surface area contributed by atoms with Crippen molar-refractivity contribution in [3.8, 4) is 11.1 Å². The second kappa shape index (κ2) is 12.9. The topological polar surface area (TPSA) is 43.4 Å². The standard InChI is InChI=1S/C47H36O3/c1-50-47-31-40(35-29-27-34(28-30-35)33-17-7-2-8-18-33)44(48)46(45(47)49,43(38-23-13-5-14-24-38)39-25-15-6-16-26-39)32-41(47)42(36-19-9-3-10-20-36)37-21-11-4-12-22-37/h2-32,42-43H,1H3/t46-,47-/m0/s1. The molecule has 0 radical (unpaired) electrons. The summed E-state index contributed by atoms with van der Waals surface area (Å²) in [5, 5.41) is 0. The Labute approximate surface area is 293 Å². The molecule has 0 fully saturated rings. The van der Waals surface area contributed by atoms with Crippen molar-refractivity contribution in [2.24, 2.45) is 5.41 Å². The minimum atomic E-state index is -1.59. The lowest BCUT2D eigenvalue weighted by Crippen LogP contribution is -2.54. The first kappa shape index (κ1) is 31.4. The van der Waals surface area contributed by atoms with Gasteiger partial charge >= 0.3 is 0 Å². The van der Waals surface area contributed by atoms with E-state index in [1.54, 1.807) is 13.2 Å². The number of benzene rings is 6. The zero-order valence-corrected chi connectivity index (χ0v) is 27.8. The second-order valence-corrected chi connectivity index (χ2v) is 13.1. The molecule has 0 heterocycles. The van der Waals surface area contributed by atoms with E-state index in [9.17, 15) is 0 Å². The van der Waals surface area contributed by atoms with E-state index in [0.29, 0.717) is 5.57 Å². The predicted molar refractivity (Wildman–Crippen MR) is 200 cm³/mol. The zero-order valence-electron chi connectivity index (χ0n) is 27.8. The molecule has 0 spiro atoms. The van der Waals surface area contributed by atoms with E-state index in [2.05, 4.69) is 36.4 Å².